The minimum atomic E-state index is 0.0177. The van der Waals surface area contributed by atoms with Crippen LogP contribution in [-0.4, -0.2) is 39.5 Å². The molecule has 188 valence electrons. The number of phenols is 1. The quantitative estimate of drug-likeness (QED) is 0.366. The van der Waals surface area contributed by atoms with E-state index in [2.05, 4.69) is 22.0 Å². The summed E-state index contributed by atoms with van der Waals surface area (Å²) in [5.74, 6) is 1.10. The fraction of sp³-hybridized carbons (Fsp3) is 0.226. The lowest BCUT2D eigenvalue weighted by molar-refractivity contribution is 0.0734. The normalized spacial score (nSPS) is 12.9. The van der Waals surface area contributed by atoms with Gasteiger partial charge < -0.3 is 14.7 Å². The third kappa shape index (κ3) is 6.16. The van der Waals surface area contributed by atoms with E-state index in [0.29, 0.717) is 25.2 Å². The SMILES string of the molecule is COc1ccc(CN(Cc2ccc(C(=O)N3CCc4ccc(O)cc4C3)cc2)Cc2ccccn2)cc1. The molecule has 0 saturated heterocycles. The highest BCUT2D eigenvalue weighted by Crippen LogP contribution is 2.24. The molecule has 1 N–H and O–H groups in total. The Morgan fingerprint density at radius 3 is 2.32 bits per heavy atom. The van der Waals surface area contributed by atoms with Crippen LogP contribution in [0.5, 0.6) is 11.5 Å². The van der Waals surface area contributed by atoms with Crippen molar-refractivity contribution in [2.24, 2.45) is 0 Å². The number of methoxy groups -OCH3 is 1. The molecular formula is C31H31N3O3. The Labute approximate surface area is 217 Å². The summed E-state index contributed by atoms with van der Waals surface area (Å²) in [7, 11) is 1.67. The summed E-state index contributed by atoms with van der Waals surface area (Å²) < 4.78 is 5.30. The molecule has 2 heterocycles. The minimum absolute atomic E-state index is 0.0177. The number of fused-ring (bicyclic) bond motifs is 1. The summed E-state index contributed by atoms with van der Waals surface area (Å²) in [6, 6.07) is 27.4. The summed E-state index contributed by atoms with van der Waals surface area (Å²) >= 11 is 0. The third-order valence-corrected chi connectivity index (χ3v) is 6.77. The van der Waals surface area contributed by atoms with E-state index in [1.165, 1.54) is 11.1 Å². The topological polar surface area (TPSA) is 65.9 Å². The molecule has 0 spiro atoms. The monoisotopic (exact) mass is 493 g/mol. The van der Waals surface area contributed by atoms with Crippen molar-refractivity contribution in [1.82, 2.24) is 14.8 Å². The van der Waals surface area contributed by atoms with Crippen LogP contribution in [0.4, 0.5) is 0 Å². The lowest BCUT2D eigenvalue weighted by Crippen LogP contribution is -2.35. The molecule has 6 nitrogen and oxygen atoms in total. The second kappa shape index (κ2) is 11.3. The standard InChI is InChI=1S/C31H31N3O3/c1-37-30-13-7-24(8-14-30)20-33(22-28-4-2-3-16-32-28)19-23-5-9-26(10-6-23)31(36)34-17-15-25-11-12-29(35)18-27(25)21-34/h2-14,16,18,35H,15,17,19-22H2,1H3. The van der Waals surface area contributed by atoms with E-state index in [4.69, 9.17) is 4.74 Å². The van der Waals surface area contributed by atoms with Crippen molar-refractivity contribution in [2.45, 2.75) is 32.6 Å². The van der Waals surface area contributed by atoms with Crippen molar-refractivity contribution >= 4 is 5.91 Å². The van der Waals surface area contributed by atoms with E-state index in [1.54, 1.807) is 19.2 Å². The largest absolute Gasteiger partial charge is 0.508 e. The van der Waals surface area contributed by atoms with Gasteiger partial charge >= 0.3 is 0 Å². The Bertz CT molecular complexity index is 1340. The van der Waals surface area contributed by atoms with Gasteiger partial charge in [0.2, 0.25) is 0 Å². The molecule has 4 aromatic rings. The van der Waals surface area contributed by atoms with Crippen LogP contribution >= 0.6 is 0 Å². The van der Waals surface area contributed by atoms with Gasteiger partial charge in [-0.1, -0.05) is 36.4 Å². The van der Waals surface area contributed by atoms with Crippen molar-refractivity contribution in [3.8, 4) is 11.5 Å². The highest BCUT2D eigenvalue weighted by atomic mass is 16.5. The number of nitrogens with zero attached hydrogens (tertiary/aromatic N) is 3. The van der Waals surface area contributed by atoms with E-state index in [0.717, 1.165) is 42.1 Å². The summed E-state index contributed by atoms with van der Waals surface area (Å²) in [6.07, 6.45) is 2.62. The summed E-state index contributed by atoms with van der Waals surface area (Å²) in [6.45, 7) is 3.41. The Hall–Kier alpha value is -4.16. The van der Waals surface area contributed by atoms with Crippen LogP contribution in [0.15, 0.2) is 91.1 Å². The highest BCUT2D eigenvalue weighted by Gasteiger charge is 2.22. The number of carbonyl (C=O) groups is 1. The van der Waals surface area contributed by atoms with Gasteiger partial charge in [0.15, 0.2) is 0 Å². The zero-order valence-electron chi connectivity index (χ0n) is 21.0. The lowest BCUT2D eigenvalue weighted by Gasteiger charge is -2.29. The molecule has 3 aromatic carbocycles. The van der Waals surface area contributed by atoms with Crippen LogP contribution in [-0.2, 0) is 32.6 Å². The van der Waals surface area contributed by atoms with Crippen LogP contribution in [0.25, 0.3) is 0 Å². The van der Waals surface area contributed by atoms with Crippen molar-refractivity contribution in [1.29, 1.82) is 0 Å². The molecule has 6 heteroatoms. The van der Waals surface area contributed by atoms with Crippen molar-refractivity contribution in [2.75, 3.05) is 13.7 Å². The smallest absolute Gasteiger partial charge is 0.254 e. The third-order valence-electron chi connectivity index (χ3n) is 6.77. The van der Waals surface area contributed by atoms with Gasteiger partial charge in [-0.15, -0.1) is 0 Å². The lowest BCUT2D eigenvalue weighted by atomic mass is 9.98. The maximum atomic E-state index is 13.2. The molecule has 1 amide bonds. The average molecular weight is 494 g/mol. The molecule has 0 unspecified atom stereocenters. The number of pyridine rings is 1. The summed E-state index contributed by atoms with van der Waals surface area (Å²) in [4.78, 5) is 21.9. The molecule has 0 bridgehead atoms. The van der Waals surface area contributed by atoms with E-state index < -0.39 is 0 Å². The molecule has 0 atom stereocenters. The van der Waals surface area contributed by atoms with Crippen molar-refractivity contribution in [3.63, 3.8) is 0 Å². The van der Waals surface area contributed by atoms with Gasteiger partial charge in [0.25, 0.3) is 5.91 Å². The van der Waals surface area contributed by atoms with Crippen molar-refractivity contribution < 1.29 is 14.6 Å². The maximum Gasteiger partial charge on any atom is 0.254 e. The Balaban J connectivity index is 1.28. The molecule has 1 aromatic heterocycles. The van der Waals surface area contributed by atoms with E-state index in [1.807, 2.05) is 71.8 Å². The number of ether oxygens (including phenoxy) is 1. The van der Waals surface area contributed by atoms with Crippen LogP contribution in [0.3, 0.4) is 0 Å². The summed E-state index contributed by atoms with van der Waals surface area (Å²) in [5, 5.41) is 9.83. The van der Waals surface area contributed by atoms with Crippen LogP contribution in [0, 0.1) is 0 Å². The molecule has 1 aliphatic rings. The van der Waals surface area contributed by atoms with Gasteiger partial charge in [0, 0.05) is 44.5 Å². The Morgan fingerprint density at radius 2 is 1.65 bits per heavy atom. The highest BCUT2D eigenvalue weighted by molar-refractivity contribution is 5.94. The van der Waals surface area contributed by atoms with Gasteiger partial charge in [-0.3, -0.25) is 14.7 Å². The minimum Gasteiger partial charge on any atom is -0.508 e. The predicted octanol–water partition coefficient (Wildman–Crippen LogP) is 5.20. The zero-order valence-corrected chi connectivity index (χ0v) is 21.0. The summed E-state index contributed by atoms with van der Waals surface area (Å²) in [5.41, 5.74) is 6.23. The number of phenolic OH excluding ortho intramolecular Hbond substituents is 1. The van der Waals surface area contributed by atoms with Crippen LogP contribution in [0.1, 0.15) is 38.3 Å². The maximum absolute atomic E-state index is 13.2. The zero-order chi connectivity index (χ0) is 25.6. The number of hydrogen-bond donors (Lipinski definition) is 1. The number of hydrogen-bond acceptors (Lipinski definition) is 5. The number of aromatic hydroxyl groups is 1. The molecule has 5 rings (SSSR count). The van der Waals surface area contributed by atoms with Gasteiger partial charge in [0.05, 0.1) is 12.8 Å². The number of rotatable bonds is 8. The van der Waals surface area contributed by atoms with E-state index in [9.17, 15) is 9.90 Å². The molecule has 37 heavy (non-hydrogen) atoms. The molecule has 0 fully saturated rings. The molecule has 0 aliphatic carbocycles. The molecular weight excluding hydrogens is 462 g/mol. The van der Waals surface area contributed by atoms with Gasteiger partial charge in [-0.05, 0) is 77.2 Å². The van der Waals surface area contributed by atoms with E-state index in [-0.39, 0.29) is 11.7 Å². The van der Waals surface area contributed by atoms with Gasteiger partial charge in [0.1, 0.15) is 11.5 Å². The Morgan fingerprint density at radius 1 is 0.919 bits per heavy atom. The number of amides is 1. The van der Waals surface area contributed by atoms with Crippen LogP contribution in [0.2, 0.25) is 0 Å². The molecule has 0 saturated carbocycles. The Kier molecular flexibility index (Phi) is 7.47. The van der Waals surface area contributed by atoms with E-state index >= 15 is 0 Å². The second-order valence-electron chi connectivity index (χ2n) is 9.44. The number of carbonyl (C=O) groups excluding carboxylic acids is 1. The second-order valence-corrected chi connectivity index (χ2v) is 9.44. The first kappa shape index (κ1) is 24.5. The first-order chi connectivity index (χ1) is 18.1. The van der Waals surface area contributed by atoms with Crippen LogP contribution < -0.4 is 4.74 Å². The molecule has 0 radical (unpaired) electrons. The van der Waals surface area contributed by atoms with Gasteiger partial charge in [-0.25, -0.2) is 0 Å². The predicted molar refractivity (Wildman–Crippen MR) is 143 cm³/mol. The van der Waals surface area contributed by atoms with Crippen molar-refractivity contribution in [3.05, 3.63) is 125 Å². The fourth-order valence-corrected chi connectivity index (χ4v) is 4.79. The molecule has 1 aliphatic heterocycles. The number of aromatic nitrogens is 1. The number of benzene rings is 3. The average Bonchev–Trinajstić information content (AvgIpc) is 2.93. The van der Waals surface area contributed by atoms with Gasteiger partial charge in [-0.2, -0.15) is 0 Å². The fourth-order valence-electron chi connectivity index (χ4n) is 4.79. The first-order valence-corrected chi connectivity index (χ1v) is 12.5. The first-order valence-electron chi connectivity index (χ1n) is 12.5.